The fourth-order valence-electron chi connectivity index (χ4n) is 1.84. The fraction of sp³-hybridized carbons (Fsp3) is 0.133. The van der Waals surface area contributed by atoms with Crippen molar-refractivity contribution in [3.8, 4) is 11.1 Å². The number of benzene rings is 2. The van der Waals surface area contributed by atoms with Gasteiger partial charge in [-0.1, -0.05) is 42.0 Å². The summed E-state index contributed by atoms with van der Waals surface area (Å²) in [5.74, 6) is 0. The van der Waals surface area contributed by atoms with Crippen LogP contribution in [0.15, 0.2) is 42.5 Å². The minimum Gasteiger partial charge on any atom is -0.298 e. The highest BCUT2D eigenvalue weighted by Gasteiger charge is 2.03. The van der Waals surface area contributed by atoms with Crippen molar-refractivity contribution in [2.75, 3.05) is 0 Å². The molecule has 0 N–H and O–H groups in total. The molecule has 0 atom stereocenters. The van der Waals surface area contributed by atoms with Crippen LogP contribution in [0.2, 0.25) is 0 Å². The van der Waals surface area contributed by atoms with E-state index >= 15 is 0 Å². The van der Waals surface area contributed by atoms with E-state index in [2.05, 4.69) is 32.0 Å². The third-order valence-corrected chi connectivity index (χ3v) is 2.73. The van der Waals surface area contributed by atoms with Gasteiger partial charge < -0.3 is 0 Å². The van der Waals surface area contributed by atoms with Crippen molar-refractivity contribution in [2.45, 2.75) is 13.8 Å². The third-order valence-electron chi connectivity index (χ3n) is 2.73. The molecular formula is C15H14O. The van der Waals surface area contributed by atoms with E-state index in [0.717, 1.165) is 17.4 Å². The predicted molar refractivity (Wildman–Crippen MR) is 66.7 cm³/mol. The summed E-state index contributed by atoms with van der Waals surface area (Å²) in [4.78, 5) is 10.8. The standard InChI is InChI=1S/C15H14O/c1-11-4-3-5-14(8-11)15-9-13(10-16)7-6-12(15)2/h3-10H,1-2H3. The summed E-state index contributed by atoms with van der Waals surface area (Å²) in [5, 5.41) is 0. The molecule has 0 radical (unpaired) electrons. The highest BCUT2D eigenvalue weighted by atomic mass is 16.1. The van der Waals surface area contributed by atoms with Crippen molar-refractivity contribution >= 4 is 6.29 Å². The van der Waals surface area contributed by atoms with Crippen molar-refractivity contribution in [3.05, 3.63) is 59.2 Å². The van der Waals surface area contributed by atoms with Gasteiger partial charge in [-0.3, -0.25) is 4.79 Å². The Morgan fingerprint density at radius 2 is 1.81 bits per heavy atom. The van der Waals surface area contributed by atoms with Crippen LogP contribution in [-0.2, 0) is 0 Å². The van der Waals surface area contributed by atoms with Gasteiger partial charge in [-0.25, -0.2) is 0 Å². The van der Waals surface area contributed by atoms with Gasteiger partial charge in [-0.2, -0.15) is 0 Å². The molecule has 0 unspecified atom stereocenters. The zero-order chi connectivity index (χ0) is 11.5. The quantitative estimate of drug-likeness (QED) is 0.689. The van der Waals surface area contributed by atoms with Crippen LogP contribution in [0.4, 0.5) is 0 Å². The van der Waals surface area contributed by atoms with E-state index in [1.165, 1.54) is 16.7 Å². The SMILES string of the molecule is Cc1cccc(-c2cc(C=O)ccc2C)c1. The average molecular weight is 210 g/mol. The molecule has 2 rings (SSSR count). The average Bonchev–Trinajstić information content (AvgIpc) is 2.30. The summed E-state index contributed by atoms with van der Waals surface area (Å²) in [5.41, 5.74) is 5.45. The van der Waals surface area contributed by atoms with E-state index in [0.29, 0.717) is 0 Å². The summed E-state index contributed by atoms with van der Waals surface area (Å²) in [6, 6.07) is 14.1. The maximum Gasteiger partial charge on any atom is 0.150 e. The van der Waals surface area contributed by atoms with Gasteiger partial charge in [0.25, 0.3) is 0 Å². The minimum absolute atomic E-state index is 0.724. The summed E-state index contributed by atoms with van der Waals surface area (Å²) in [6.07, 6.45) is 0.888. The second-order valence-electron chi connectivity index (χ2n) is 4.06. The summed E-state index contributed by atoms with van der Waals surface area (Å²) in [6.45, 7) is 4.13. The van der Waals surface area contributed by atoms with Gasteiger partial charge in [-0.15, -0.1) is 0 Å². The first-order valence-electron chi connectivity index (χ1n) is 5.33. The highest BCUT2D eigenvalue weighted by Crippen LogP contribution is 2.24. The van der Waals surface area contributed by atoms with Crippen LogP contribution in [0.1, 0.15) is 21.5 Å². The lowest BCUT2D eigenvalue weighted by Crippen LogP contribution is -1.87. The maximum atomic E-state index is 10.8. The van der Waals surface area contributed by atoms with E-state index in [9.17, 15) is 4.79 Å². The van der Waals surface area contributed by atoms with Crippen LogP contribution in [0.3, 0.4) is 0 Å². The lowest BCUT2D eigenvalue weighted by molar-refractivity contribution is 0.112. The number of carbonyl (C=O) groups is 1. The summed E-state index contributed by atoms with van der Waals surface area (Å²) >= 11 is 0. The smallest absolute Gasteiger partial charge is 0.150 e. The van der Waals surface area contributed by atoms with E-state index in [1.54, 1.807) is 0 Å². The molecule has 0 aromatic heterocycles. The van der Waals surface area contributed by atoms with Crippen LogP contribution < -0.4 is 0 Å². The van der Waals surface area contributed by atoms with Gasteiger partial charge in [0, 0.05) is 5.56 Å². The number of aldehydes is 1. The summed E-state index contributed by atoms with van der Waals surface area (Å²) < 4.78 is 0. The van der Waals surface area contributed by atoms with Crippen LogP contribution in [0, 0.1) is 13.8 Å². The van der Waals surface area contributed by atoms with Crippen molar-refractivity contribution in [3.63, 3.8) is 0 Å². The zero-order valence-electron chi connectivity index (χ0n) is 9.53. The van der Waals surface area contributed by atoms with Crippen LogP contribution in [0.5, 0.6) is 0 Å². The lowest BCUT2D eigenvalue weighted by Gasteiger charge is -2.07. The summed E-state index contributed by atoms with van der Waals surface area (Å²) in [7, 11) is 0. The Kier molecular flexibility index (Phi) is 2.86. The molecule has 16 heavy (non-hydrogen) atoms. The first-order valence-corrected chi connectivity index (χ1v) is 5.33. The van der Waals surface area contributed by atoms with Gasteiger partial charge in [0.2, 0.25) is 0 Å². The van der Waals surface area contributed by atoms with Gasteiger partial charge in [0.05, 0.1) is 0 Å². The number of aryl methyl sites for hydroxylation is 2. The fourth-order valence-corrected chi connectivity index (χ4v) is 1.84. The normalized spacial score (nSPS) is 10.1. The first-order chi connectivity index (χ1) is 7.70. The first kappa shape index (κ1) is 10.6. The van der Waals surface area contributed by atoms with Gasteiger partial charge >= 0.3 is 0 Å². The molecule has 1 nitrogen and oxygen atoms in total. The Bertz CT molecular complexity index is 527. The van der Waals surface area contributed by atoms with Crippen molar-refractivity contribution in [1.82, 2.24) is 0 Å². The van der Waals surface area contributed by atoms with E-state index in [1.807, 2.05) is 24.3 Å². The second-order valence-corrected chi connectivity index (χ2v) is 4.06. The largest absolute Gasteiger partial charge is 0.298 e. The monoisotopic (exact) mass is 210 g/mol. The number of hydrogen-bond acceptors (Lipinski definition) is 1. The molecule has 1 heteroatoms. The van der Waals surface area contributed by atoms with E-state index < -0.39 is 0 Å². The molecule has 0 spiro atoms. The van der Waals surface area contributed by atoms with E-state index in [-0.39, 0.29) is 0 Å². The van der Waals surface area contributed by atoms with Gasteiger partial charge in [-0.05, 0) is 36.6 Å². The van der Waals surface area contributed by atoms with Crippen molar-refractivity contribution < 1.29 is 4.79 Å². The van der Waals surface area contributed by atoms with Crippen molar-refractivity contribution in [2.24, 2.45) is 0 Å². The predicted octanol–water partition coefficient (Wildman–Crippen LogP) is 3.78. The lowest BCUT2D eigenvalue weighted by atomic mass is 9.97. The van der Waals surface area contributed by atoms with Crippen LogP contribution >= 0.6 is 0 Å². The molecule has 0 heterocycles. The highest BCUT2D eigenvalue weighted by molar-refractivity contribution is 5.80. The Hall–Kier alpha value is -1.89. The molecule has 0 saturated carbocycles. The molecule has 0 aliphatic carbocycles. The minimum atomic E-state index is 0.724. The Morgan fingerprint density at radius 3 is 2.50 bits per heavy atom. The number of carbonyl (C=O) groups excluding carboxylic acids is 1. The molecule has 0 bridgehead atoms. The molecule has 0 saturated heterocycles. The zero-order valence-corrected chi connectivity index (χ0v) is 9.53. The van der Waals surface area contributed by atoms with Crippen LogP contribution in [0.25, 0.3) is 11.1 Å². The molecule has 0 aliphatic rings. The molecule has 0 amide bonds. The molecule has 0 aliphatic heterocycles. The molecular weight excluding hydrogens is 196 g/mol. The van der Waals surface area contributed by atoms with E-state index in [4.69, 9.17) is 0 Å². The number of rotatable bonds is 2. The molecule has 0 fully saturated rings. The van der Waals surface area contributed by atoms with Gasteiger partial charge in [0.1, 0.15) is 6.29 Å². The molecule has 80 valence electrons. The second kappa shape index (κ2) is 4.31. The van der Waals surface area contributed by atoms with Crippen molar-refractivity contribution in [1.29, 1.82) is 0 Å². The Labute approximate surface area is 95.7 Å². The third kappa shape index (κ3) is 2.03. The Morgan fingerprint density at radius 1 is 1.00 bits per heavy atom. The molecule has 2 aromatic rings. The van der Waals surface area contributed by atoms with Crippen LogP contribution in [-0.4, -0.2) is 6.29 Å². The number of hydrogen-bond donors (Lipinski definition) is 0. The topological polar surface area (TPSA) is 17.1 Å². The molecule has 2 aromatic carbocycles. The Balaban J connectivity index is 2.58. The van der Waals surface area contributed by atoms with Gasteiger partial charge in [0.15, 0.2) is 0 Å². The maximum absolute atomic E-state index is 10.8.